The van der Waals surface area contributed by atoms with Crippen molar-refractivity contribution in [2.45, 2.75) is 54.2 Å². The summed E-state index contributed by atoms with van der Waals surface area (Å²) in [6.07, 6.45) is 1.64. The molecule has 1 heterocycles. The van der Waals surface area contributed by atoms with E-state index in [-0.39, 0.29) is 0 Å². The van der Waals surface area contributed by atoms with Crippen LogP contribution < -0.4 is 4.57 Å². The summed E-state index contributed by atoms with van der Waals surface area (Å²) in [5, 5.41) is 0. The lowest BCUT2D eigenvalue weighted by Crippen LogP contribution is -2.33. The fraction of sp³-hybridized carbons (Fsp3) is 0.450. The Morgan fingerprint density at radius 3 is 2.38 bits per heavy atom. The average molecular weight is 289 g/mol. The van der Waals surface area contributed by atoms with Gasteiger partial charge >= 0.3 is 0 Å². The number of benzene rings is 1. The first-order valence-electron chi connectivity index (χ1n) is 10.6. The summed E-state index contributed by atoms with van der Waals surface area (Å²) in [5.41, 5.74) is 5.77. The Kier molecular flexibility index (Phi) is 2.34. The molecule has 0 N–H and O–H groups in total. The van der Waals surface area contributed by atoms with E-state index in [1.54, 1.807) is 12.3 Å². The second-order valence-electron chi connectivity index (χ2n) is 5.86. The third-order valence-electron chi connectivity index (χ3n) is 4.23. The molecule has 1 unspecified atom stereocenters. The van der Waals surface area contributed by atoms with Crippen LogP contribution in [0.15, 0.2) is 18.3 Å². The molecule has 0 amide bonds. The predicted octanol–water partition coefficient (Wildman–Crippen LogP) is 4.84. The van der Waals surface area contributed by atoms with Crippen molar-refractivity contribution in [3.8, 4) is 11.3 Å². The zero-order chi connectivity index (χ0) is 21.8. The second kappa shape index (κ2) is 5.63. The number of pyridine rings is 1. The summed E-state index contributed by atoms with van der Waals surface area (Å²) in [6.45, 7) is 4.21. The van der Waals surface area contributed by atoms with Gasteiger partial charge in [0.05, 0.1) is 0 Å². The van der Waals surface area contributed by atoms with Gasteiger partial charge in [0.1, 0.15) is 7.05 Å². The van der Waals surface area contributed by atoms with Crippen molar-refractivity contribution in [3.05, 3.63) is 51.7 Å². The maximum Gasteiger partial charge on any atom is 0.215 e. The van der Waals surface area contributed by atoms with E-state index in [1.165, 1.54) is 6.92 Å². The van der Waals surface area contributed by atoms with E-state index in [1.807, 2.05) is 45.4 Å². The van der Waals surface area contributed by atoms with E-state index >= 15 is 0 Å². The maximum atomic E-state index is 8.42. The van der Waals surface area contributed by atoms with Gasteiger partial charge in [0.2, 0.25) is 5.69 Å². The minimum absolute atomic E-state index is 0.323. The quantitative estimate of drug-likeness (QED) is 0.696. The molecule has 0 aliphatic carbocycles. The first-order valence-corrected chi connectivity index (χ1v) is 7.12. The van der Waals surface area contributed by atoms with Gasteiger partial charge in [0.25, 0.3) is 0 Å². The average Bonchev–Trinajstić information content (AvgIpc) is 2.51. The highest BCUT2D eigenvalue weighted by molar-refractivity contribution is 5.67. The third-order valence-corrected chi connectivity index (χ3v) is 4.23. The van der Waals surface area contributed by atoms with Gasteiger partial charge in [-0.05, 0) is 68.8 Å². The largest absolute Gasteiger partial charge is 0.215 e. The van der Waals surface area contributed by atoms with Crippen molar-refractivity contribution in [2.75, 3.05) is 0 Å². The minimum Gasteiger partial charge on any atom is -0.201 e. The lowest BCUT2D eigenvalue weighted by molar-refractivity contribution is -0.661. The molecule has 1 heteroatoms. The van der Waals surface area contributed by atoms with Gasteiger partial charge in [0.15, 0.2) is 6.20 Å². The minimum atomic E-state index is -2.44. The van der Waals surface area contributed by atoms with Gasteiger partial charge in [-0.25, -0.2) is 4.57 Å². The molecule has 0 radical (unpaired) electrons. The Labute approximate surface area is 139 Å². The molecule has 0 bridgehead atoms. The van der Waals surface area contributed by atoms with E-state index in [2.05, 4.69) is 0 Å². The highest BCUT2D eigenvalue weighted by atomic mass is 14.9. The molecule has 0 saturated carbocycles. The number of nitrogens with zero attached hydrogens (tertiary/aromatic N) is 1. The highest BCUT2D eigenvalue weighted by Gasteiger charge is 2.20. The monoisotopic (exact) mass is 289 g/mol. The normalized spacial score (nSPS) is 20.2. The van der Waals surface area contributed by atoms with E-state index in [0.29, 0.717) is 11.1 Å². The zero-order valence-electron chi connectivity index (χ0n) is 20.7. The van der Waals surface area contributed by atoms with Crippen molar-refractivity contribution in [1.82, 2.24) is 0 Å². The fourth-order valence-corrected chi connectivity index (χ4v) is 2.87. The van der Waals surface area contributed by atoms with Crippen molar-refractivity contribution >= 4 is 0 Å². The molecule has 0 aliphatic heterocycles. The van der Waals surface area contributed by atoms with Crippen LogP contribution in [0.5, 0.6) is 0 Å². The highest BCUT2D eigenvalue weighted by Crippen LogP contribution is 2.31. The predicted molar refractivity (Wildman–Crippen MR) is 90.8 cm³/mol. The summed E-state index contributed by atoms with van der Waals surface area (Å²) in [5.74, 6) is -1.71. The zero-order valence-corrected chi connectivity index (χ0v) is 13.7. The number of aromatic nitrogens is 1. The van der Waals surface area contributed by atoms with Crippen LogP contribution in [0.3, 0.4) is 0 Å². The molecule has 1 nitrogen and oxygen atoms in total. The van der Waals surface area contributed by atoms with E-state index in [4.69, 9.17) is 9.60 Å². The lowest BCUT2D eigenvalue weighted by Gasteiger charge is -2.16. The smallest absolute Gasteiger partial charge is 0.201 e. The maximum absolute atomic E-state index is 8.42. The molecule has 0 saturated heterocycles. The van der Waals surface area contributed by atoms with Crippen LogP contribution in [0.2, 0.25) is 0 Å². The number of hydrogen-bond acceptors (Lipinski definition) is 0. The SMILES string of the molecule is [2H]C([2H])([2H])c1c[n+](C)c(-c2cc(C)c(C([2H])(C)C([2H])([2H])[2H])cc2C)c(C)c1C. The van der Waals surface area contributed by atoms with Crippen molar-refractivity contribution in [3.63, 3.8) is 0 Å². The standard InChI is InChI=1S/C20H28N/c1-12(2)18-9-14(4)19(10-13(18)3)20-17(7)16(6)15(5)11-21(20)8/h9-12H,1-8H3/q+1/i1D3,5D3,12D. The molecule has 2 aromatic rings. The first-order chi connectivity index (χ1) is 12.5. The van der Waals surface area contributed by atoms with E-state index in [0.717, 1.165) is 33.5 Å². The summed E-state index contributed by atoms with van der Waals surface area (Å²) in [4.78, 5) is 0. The molecule has 1 atom stereocenters. The van der Waals surface area contributed by atoms with Crippen LogP contribution in [-0.2, 0) is 7.05 Å². The van der Waals surface area contributed by atoms with Gasteiger partial charge in [0, 0.05) is 26.3 Å². The van der Waals surface area contributed by atoms with Gasteiger partial charge in [-0.1, -0.05) is 19.8 Å². The molecule has 1 aromatic carbocycles. The Hall–Kier alpha value is -1.63. The van der Waals surface area contributed by atoms with Gasteiger partial charge in [-0.15, -0.1) is 0 Å². The Morgan fingerprint density at radius 1 is 1.05 bits per heavy atom. The second-order valence-corrected chi connectivity index (χ2v) is 5.86. The summed E-state index contributed by atoms with van der Waals surface area (Å²) < 4.78 is 56.7. The molecule has 21 heavy (non-hydrogen) atoms. The summed E-state index contributed by atoms with van der Waals surface area (Å²) >= 11 is 0. The van der Waals surface area contributed by atoms with E-state index < -0.39 is 19.6 Å². The van der Waals surface area contributed by atoms with Crippen LogP contribution >= 0.6 is 0 Å². The lowest BCUT2D eigenvalue weighted by atomic mass is 9.90. The molecule has 112 valence electrons. The molecular weight excluding hydrogens is 254 g/mol. The van der Waals surface area contributed by atoms with Gasteiger partial charge in [-0.2, -0.15) is 0 Å². The topological polar surface area (TPSA) is 3.88 Å². The van der Waals surface area contributed by atoms with Crippen LogP contribution in [-0.4, -0.2) is 0 Å². The summed E-state index contributed by atoms with van der Waals surface area (Å²) in [7, 11) is 1.82. The first kappa shape index (κ1) is 8.73. The number of rotatable bonds is 2. The van der Waals surface area contributed by atoms with E-state index in [9.17, 15) is 0 Å². The molecule has 1 aromatic heterocycles. The molecule has 0 spiro atoms. The molecular formula is C20H28N+. The van der Waals surface area contributed by atoms with Crippen LogP contribution in [0.4, 0.5) is 0 Å². The van der Waals surface area contributed by atoms with Crippen molar-refractivity contribution < 1.29 is 14.2 Å². The fourth-order valence-electron chi connectivity index (χ4n) is 2.87. The van der Waals surface area contributed by atoms with Crippen LogP contribution in [0.25, 0.3) is 11.3 Å². The van der Waals surface area contributed by atoms with Crippen molar-refractivity contribution in [2.24, 2.45) is 7.05 Å². The van der Waals surface area contributed by atoms with Crippen LogP contribution in [0, 0.1) is 34.5 Å². The molecule has 0 fully saturated rings. The van der Waals surface area contributed by atoms with Gasteiger partial charge < -0.3 is 0 Å². The molecule has 2 rings (SSSR count). The third kappa shape index (κ3) is 2.74. The van der Waals surface area contributed by atoms with Crippen LogP contribution in [0.1, 0.15) is 62.6 Å². The number of hydrogen-bond donors (Lipinski definition) is 0. The van der Waals surface area contributed by atoms with Gasteiger partial charge in [-0.3, -0.25) is 0 Å². The summed E-state index contributed by atoms with van der Waals surface area (Å²) in [6, 6.07) is 3.68. The Balaban J connectivity index is 2.76. The number of aryl methyl sites for hydroxylation is 4. The molecule has 0 aliphatic rings. The Bertz CT molecular complexity index is 922. The van der Waals surface area contributed by atoms with Crippen molar-refractivity contribution in [1.29, 1.82) is 0 Å². The Morgan fingerprint density at radius 2 is 1.76 bits per heavy atom.